The van der Waals surface area contributed by atoms with Crippen molar-refractivity contribution in [3.05, 3.63) is 11.6 Å². The number of fused-ring (bicyclic) bond motifs is 7. The molecule has 4 N–H and O–H groups in total. The van der Waals surface area contributed by atoms with Gasteiger partial charge < -0.3 is 44.2 Å². The second kappa shape index (κ2) is 8.56. The third-order valence-corrected chi connectivity index (χ3v) is 12.2. The summed E-state index contributed by atoms with van der Waals surface area (Å²) in [5, 5.41) is 46.2. The Morgan fingerprint density at radius 1 is 1.00 bits per heavy atom. The minimum Gasteiger partial charge on any atom is -0.458 e. The lowest BCUT2D eigenvalue weighted by atomic mass is 9.42. The van der Waals surface area contributed by atoms with E-state index in [1.165, 1.54) is 6.08 Å². The largest absolute Gasteiger partial charge is 0.458 e. The number of rotatable bonds is 2. The van der Waals surface area contributed by atoms with E-state index in [-0.39, 0.29) is 55.2 Å². The fourth-order valence-electron chi connectivity index (χ4n) is 10.2. The van der Waals surface area contributed by atoms with Gasteiger partial charge in [0.15, 0.2) is 0 Å². The van der Waals surface area contributed by atoms with E-state index >= 15 is 0 Å². The van der Waals surface area contributed by atoms with Crippen molar-refractivity contribution >= 4 is 12.3 Å². The lowest BCUT2D eigenvalue weighted by Crippen LogP contribution is -2.72. The van der Waals surface area contributed by atoms with Gasteiger partial charge in [-0.3, -0.25) is 0 Å². The molecule has 0 radical (unpaired) electrons. The maximum atomic E-state index is 13.1. The van der Waals surface area contributed by atoms with Crippen LogP contribution in [-0.2, 0) is 28.5 Å². The highest BCUT2D eigenvalue weighted by molar-refractivity contribution is 5.85. The Bertz CT molecular complexity index is 1090. The molecule has 7 aliphatic rings. The normalized spacial score (nSPS) is 58.2. The number of esters is 1. The molecule has 10 heteroatoms. The van der Waals surface area contributed by atoms with Crippen molar-refractivity contribution in [2.45, 2.75) is 113 Å². The first-order chi connectivity index (χ1) is 18.5. The second-order valence-electron chi connectivity index (χ2n) is 13.6. The third kappa shape index (κ3) is 3.34. The SMILES string of the molecule is CC1CC(O)C2(O)OC3CC4(C=O)C(CCC5C4CC(O)C4(C)C(C6=CC(=O)OC6)CCC54O)CC3OC2O1. The van der Waals surface area contributed by atoms with Crippen molar-refractivity contribution in [3.63, 3.8) is 0 Å². The molecule has 0 spiro atoms. The molecule has 4 aliphatic carbocycles. The summed E-state index contributed by atoms with van der Waals surface area (Å²) in [7, 11) is 0. The lowest BCUT2D eigenvalue weighted by molar-refractivity contribution is -0.457. The number of aldehydes is 1. The van der Waals surface area contributed by atoms with Crippen LogP contribution in [0.1, 0.15) is 65.2 Å². The molecule has 216 valence electrons. The molecule has 2 saturated heterocycles. The van der Waals surface area contributed by atoms with Gasteiger partial charge in [0.1, 0.15) is 19.0 Å². The topological polar surface area (TPSA) is 152 Å². The van der Waals surface area contributed by atoms with Gasteiger partial charge in [-0.25, -0.2) is 4.79 Å². The smallest absolute Gasteiger partial charge is 0.331 e. The first-order valence-corrected chi connectivity index (χ1v) is 14.6. The Kier molecular flexibility index (Phi) is 5.82. The standard InChI is InChI=1S/C29H40O10/c1-14-7-23(32)29(35)25(37-14)38-20-9-16-3-4-18-19(27(16,13-30)11-21(20)39-29)10-22(31)26(2)17(5-6-28(18,26)34)15-8-24(33)36-12-15/h8,13-14,16-23,25,31-32,34-35H,3-7,9-12H2,1-2H3. The van der Waals surface area contributed by atoms with Gasteiger partial charge in [0.05, 0.1) is 30.0 Å². The van der Waals surface area contributed by atoms with E-state index in [9.17, 15) is 30.0 Å². The number of aliphatic hydroxyl groups is 4. The zero-order chi connectivity index (χ0) is 27.5. The van der Waals surface area contributed by atoms with Gasteiger partial charge in [0.25, 0.3) is 0 Å². The molecule has 0 aromatic rings. The first-order valence-electron chi connectivity index (χ1n) is 14.6. The molecule has 4 saturated carbocycles. The number of ether oxygens (including phenoxy) is 4. The van der Waals surface area contributed by atoms with Crippen molar-refractivity contribution in [3.8, 4) is 0 Å². The van der Waals surface area contributed by atoms with Gasteiger partial charge in [-0.15, -0.1) is 0 Å². The monoisotopic (exact) mass is 548 g/mol. The van der Waals surface area contributed by atoms with Crippen molar-refractivity contribution in [2.24, 2.45) is 34.5 Å². The molecular formula is C29H40O10. The highest BCUT2D eigenvalue weighted by atomic mass is 16.8. The van der Waals surface area contributed by atoms with Gasteiger partial charge in [-0.1, -0.05) is 6.92 Å². The summed E-state index contributed by atoms with van der Waals surface area (Å²) in [5.41, 5.74) is -2.11. The van der Waals surface area contributed by atoms with Crippen molar-refractivity contribution in [1.82, 2.24) is 0 Å². The molecule has 0 aromatic heterocycles. The average molecular weight is 549 g/mol. The van der Waals surface area contributed by atoms with Gasteiger partial charge >= 0.3 is 5.97 Å². The zero-order valence-electron chi connectivity index (χ0n) is 22.5. The van der Waals surface area contributed by atoms with E-state index in [0.717, 1.165) is 24.7 Å². The van der Waals surface area contributed by atoms with Gasteiger partial charge in [0.2, 0.25) is 12.1 Å². The molecule has 0 bridgehead atoms. The summed E-state index contributed by atoms with van der Waals surface area (Å²) in [6, 6.07) is 0. The Hall–Kier alpha value is -1.40. The Labute approximate surface area is 227 Å². The van der Waals surface area contributed by atoms with Crippen LogP contribution < -0.4 is 0 Å². The molecule has 0 aromatic carbocycles. The molecular weight excluding hydrogens is 508 g/mol. The Morgan fingerprint density at radius 2 is 1.79 bits per heavy atom. The summed E-state index contributed by atoms with van der Waals surface area (Å²) in [6.07, 6.45) is 1.95. The third-order valence-electron chi connectivity index (χ3n) is 12.2. The highest BCUT2D eigenvalue weighted by Gasteiger charge is 2.73. The summed E-state index contributed by atoms with van der Waals surface area (Å²) in [5.74, 6) is -3.10. The zero-order valence-corrected chi connectivity index (χ0v) is 22.5. The molecule has 39 heavy (non-hydrogen) atoms. The molecule has 14 unspecified atom stereocenters. The lowest BCUT2D eigenvalue weighted by Gasteiger charge is -2.65. The maximum absolute atomic E-state index is 13.1. The molecule has 6 fully saturated rings. The van der Waals surface area contributed by atoms with Crippen LogP contribution in [0, 0.1) is 34.5 Å². The predicted molar refractivity (Wildman–Crippen MR) is 133 cm³/mol. The summed E-state index contributed by atoms with van der Waals surface area (Å²) in [4.78, 5) is 25.0. The van der Waals surface area contributed by atoms with Crippen LogP contribution >= 0.6 is 0 Å². The minimum absolute atomic E-state index is 0.0286. The molecule has 3 aliphatic heterocycles. The van der Waals surface area contributed by atoms with Gasteiger partial charge in [-0.2, -0.15) is 0 Å². The first kappa shape index (κ1) is 26.5. The molecule has 10 nitrogen and oxygen atoms in total. The van der Waals surface area contributed by atoms with Crippen LogP contribution in [0.15, 0.2) is 11.6 Å². The minimum atomic E-state index is -2.02. The summed E-state index contributed by atoms with van der Waals surface area (Å²) >= 11 is 0. The number of cyclic esters (lactones) is 1. The fourth-order valence-corrected chi connectivity index (χ4v) is 10.2. The number of hydrogen-bond acceptors (Lipinski definition) is 10. The number of carbonyl (C=O) groups is 2. The van der Waals surface area contributed by atoms with Gasteiger partial charge in [0, 0.05) is 23.3 Å². The molecule has 7 rings (SSSR count). The quantitative estimate of drug-likeness (QED) is 0.223. The average Bonchev–Trinajstić information content (AvgIpc) is 3.44. The predicted octanol–water partition coefficient (Wildman–Crippen LogP) is 0.971. The summed E-state index contributed by atoms with van der Waals surface area (Å²) < 4.78 is 23.4. The molecule has 3 heterocycles. The van der Waals surface area contributed by atoms with Crippen molar-refractivity contribution < 1.29 is 49.0 Å². The van der Waals surface area contributed by atoms with Crippen LogP contribution in [-0.4, -0.2) is 87.5 Å². The van der Waals surface area contributed by atoms with Crippen LogP contribution in [0.3, 0.4) is 0 Å². The van der Waals surface area contributed by atoms with E-state index < -0.39 is 52.9 Å². The van der Waals surface area contributed by atoms with E-state index in [1.54, 1.807) is 0 Å². The van der Waals surface area contributed by atoms with Crippen molar-refractivity contribution in [1.29, 1.82) is 0 Å². The number of aliphatic hydroxyl groups excluding tert-OH is 2. The Morgan fingerprint density at radius 3 is 2.51 bits per heavy atom. The summed E-state index contributed by atoms with van der Waals surface area (Å²) in [6.45, 7) is 3.94. The van der Waals surface area contributed by atoms with Crippen LogP contribution in [0.2, 0.25) is 0 Å². The van der Waals surface area contributed by atoms with E-state index in [1.807, 2.05) is 13.8 Å². The number of hydrogen-bond donors (Lipinski definition) is 4. The van der Waals surface area contributed by atoms with E-state index in [0.29, 0.717) is 25.7 Å². The maximum Gasteiger partial charge on any atom is 0.331 e. The Balaban J connectivity index is 1.21. The molecule has 0 amide bonds. The van der Waals surface area contributed by atoms with Crippen molar-refractivity contribution in [2.75, 3.05) is 6.61 Å². The van der Waals surface area contributed by atoms with Crippen LogP contribution in [0.5, 0.6) is 0 Å². The van der Waals surface area contributed by atoms with E-state index in [2.05, 4.69) is 0 Å². The van der Waals surface area contributed by atoms with Crippen LogP contribution in [0.25, 0.3) is 0 Å². The van der Waals surface area contributed by atoms with Crippen LogP contribution in [0.4, 0.5) is 0 Å². The highest BCUT2D eigenvalue weighted by Crippen LogP contribution is 2.70. The van der Waals surface area contributed by atoms with E-state index in [4.69, 9.17) is 18.9 Å². The second-order valence-corrected chi connectivity index (χ2v) is 13.6. The molecule has 14 atom stereocenters. The number of carbonyl (C=O) groups excluding carboxylic acids is 2. The fraction of sp³-hybridized carbons (Fsp3) is 0.862. The van der Waals surface area contributed by atoms with Gasteiger partial charge in [-0.05, 0) is 81.1 Å².